The standard InChI is InChI=1S/C19H34N.CHF3/c1-4-7-15-20(16-8-5-2,17-9-6-3)18-19-13-11-10-12-14-19;2-1(3)4/h10-14H,4-9,15-18H2,1-3H3;1H/q+1;. The van der Waals surface area contributed by atoms with Gasteiger partial charge in [-0.25, -0.2) is 0 Å². The van der Waals surface area contributed by atoms with Crippen molar-refractivity contribution in [3.8, 4) is 0 Å². The lowest BCUT2D eigenvalue weighted by atomic mass is 10.1. The Morgan fingerprint density at radius 1 is 0.750 bits per heavy atom. The highest BCUT2D eigenvalue weighted by Crippen LogP contribution is 2.19. The van der Waals surface area contributed by atoms with Gasteiger partial charge in [0.05, 0.1) is 19.6 Å². The van der Waals surface area contributed by atoms with Crippen LogP contribution in [0.3, 0.4) is 0 Å². The molecule has 1 nitrogen and oxygen atoms in total. The van der Waals surface area contributed by atoms with E-state index >= 15 is 0 Å². The molecule has 0 aromatic heterocycles. The van der Waals surface area contributed by atoms with Gasteiger partial charge in [-0.05, 0) is 19.3 Å². The van der Waals surface area contributed by atoms with Crippen LogP contribution in [-0.2, 0) is 6.54 Å². The molecule has 0 unspecified atom stereocenters. The second kappa shape index (κ2) is 14.3. The van der Waals surface area contributed by atoms with Crippen LogP contribution in [-0.4, -0.2) is 30.8 Å². The van der Waals surface area contributed by atoms with Crippen LogP contribution in [0.25, 0.3) is 0 Å². The third-order valence-corrected chi connectivity index (χ3v) is 4.32. The fourth-order valence-corrected chi connectivity index (χ4v) is 3.02. The van der Waals surface area contributed by atoms with Crippen LogP contribution in [0.15, 0.2) is 30.3 Å². The zero-order chi connectivity index (χ0) is 18.3. The summed E-state index contributed by atoms with van der Waals surface area (Å²) in [7, 11) is 0. The van der Waals surface area contributed by atoms with Crippen LogP contribution >= 0.6 is 0 Å². The van der Waals surface area contributed by atoms with Crippen molar-refractivity contribution in [1.29, 1.82) is 0 Å². The molecule has 0 aliphatic heterocycles. The van der Waals surface area contributed by atoms with Crippen molar-refractivity contribution in [1.82, 2.24) is 0 Å². The van der Waals surface area contributed by atoms with E-state index in [1.807, 2.05) is 0 Å². The van der Waals surface area contributed by atoms with Gasteiger partial charge in [0.15, 0.2) is 0 Å². The maximum atomic E-state index is 9.67. The van der Waals surface area contributed by atoms with Gasteiger partial charge in [-0.3, -0.25) is 0 Å². The van der Waals surface area contributed by atoms with Crippen molar-refractivity contribution in [2.24, 2.45) is 0 Å². The molecular formula is C20H35F3N+. The smallest absolute Gasteiger partial charge is 0.320 e. The summed E-state index contributed by atoms with van der Waals surface area (Å²) in [6, 6.07) is 11.1. The molecule has 0 amide bonds. The van der Waals surface area contributed by atoms with Crippen LogP contribution < -0.4 is 0 Å². The molecule has 0 N–H and O–H groups in total. The highest BCUT2D eigenvalue weighted by molar-refractivity contribution is 5.13. The summed E-state index contributed by atoms with van der Waals surface area (Å²) in [6.07, 6.45) is 8.02. The Morgan fingerprint density at radius 3 is 1.46 bits per heavy atom. The van der Waals surface area contributed by atoms with E-state index < -0.39 is 6.68 Å². The Hall–Kier alpha value is -1.03. The molecule has 0 aliphatic carbocycles. The maximum absolute atomic E-state index is 9.67. The molecule has 1 aromatic carbocycles. The second-order valence-corrected chi connectivity index (χ2v) is 6.46. The zero-order valence-corrected chi connectivity index (χ0v) is 15.6. The number of unbranched alkanes of at least 4 members (excludes halogenated alkanes) is 3. The van der Waals surface area contributed by atoms with E-state index in [4.69, 9.17) is 0 Å². The Kier molecular flexibility index (Phi) is 13.7. The molecule has 0 spiro atoms. The Morgan fingerprint density at radius 2 is 1.12 bits per heavy atom. The molecule has 0 radical (unpaired) electrons. The summed E-state index contributed by atoms with van der Waals surface area (Å²) in [5, 5.41) is 0. The van der Waals surface area contributed by atoms with Crippen molar-refractivity contribution < 1.29 is 17.7 Å². The van der Waals surface area contributed by atoms with E-state index in [2.05, 4.69) is 51.1 Å². The van der Waals surface area contributed by atoms with Gasteiger partial charge in [-0.2, -0.15) is 13.2 Å². The van der Waals surface area contributed by atoms with Gasteiger partial charge in [-0.1, -0.05) is 70.4 Å². The lowest BCUT2D eigenvalue weighted by Gasteiger charge is -2.39. The first-order chi connectivity index (χ1) is 11.5. The number of halogens is 3. The highest BCUT2D eigenvalue weighted by Gasteiger charge is 2.25. The normalized spacial score (nSPS) is 11.3. The van der Waals surface area contributed by atoms with Gasteiger partial charge >= 0.3 is 6.68 Å². The molecule has 1 aromatic rings. The van der Waals surface area contributed by atoms with E-state index in [1.165, 1.54) is 74.8 Å². The van der Waals surface area contributed by atoms with Gasteiger partial charge in [-0.15, -0.1) is 0 Å². The molecule has 4 heteroatoms. The van der Waals surface area contributed by atoms with Crippen molar-refractivity contribution in [3.05, 3.63) is 35.9 Å². The Labute approximate surface area is 146 Å². The summed E-state index contributed by atoms with van der Waals surface area (Å²) >= 11 is 0. The maximum Gasteiger partial charge on any atom is 0.379 e. The zero-order valence-electron chi connectivity index (χ0n) is 15.6. The number of nitrogens with zero attached hydrogens (tertiary/aromatic N) is 1. The van der Waals surface area contributed by atoms with E-state index in [0.717, 1.165) is 0 Å². The molecule has 0 aliphatic rings. The number of benzene rings is 1. The lowest BCUT2D eigenvalue weighted by Crippen LogP contribution is -2.49. The molecule has 140 valence electrons. The molecule has 0 saturated heterocycles. The first-order valence-corrected chi connectivity index (χ1v) is 9.31. The molecular weight excluding hydrogens is 311 g/mol. The third kappa shape index (κ3) is 11.5. The summed E-state index contributed by atoms with van der Waals surface area (Å²) < 4.78 is 30.3. The van der Waals surface area contributed by atoms with E-state index in [0.29, 0.717) is 0 Å². The SMILES string of the molecule is CCCC[N+](CCCC)(CCCC)Cc1ccccc1.FC(F)F. The Balaban J connectivity index is 0.00000118. The van der Waals surface area contributed by atoms with Crippen LogP contribution in [0, 0.1) is 0 Å². The van der Waals surface area contributed by atoms with Crippen molar-refractivity contribution in [2.45, 2.75) is 72.5 Å². The number of quaternary nitrogens is 1. The van der Waals surface area contributed by atoms with Crippen molar-refractivity contribution in [2.75, 3.05) is 19.6 Å². The largest absolute Gasteiger partial charge is 0.379 e. The lowest BCUT2D eigenvalue weighted by molar-refractivity contribution is -0.941. The summed E-state index contributed by atoms with van der Waals surface area (Å²) in [4.78, 5) is 0. The van der Waals surface area contributed by atoms with Crippen LogP contribution in [0.2, 0.25) is 0 Å². The van der Waals surface area contributed by atoms with Gasteiger partial charge in [0, 0.05) is 5.56 Å². The van der Waals surface area contributed by atoms with E-state index in [-0.39, 0.29) is 0 Å². The first-order valence-electron chi connectivity index (χ1n) is 9.31. The third-order valence-electron chi connectivity index (χ3n) is 4.32. The minimum Gasteiger partial charge on any atom is -0.320 e. The monoisotopic (exact) mass is 346 g/mol. The fraction of sp³-hybridized carbons (Fsp3) is 0.700. The quantitative estimate of drug-likeness (QED) is 0.397. The predicted molar refractivity (Wildman–Crippen MR) is 96.8 cm³/mol. The van der Waals surface area contributed by atoms with Gasteiger partial charge in [0.1, 0.15) is 6.54 Å². The molecule has 1 rings (SSSR count). The topological polar surface area (TPSA) is 0 Å². The summed E-state index contributed by atoms with van der Waals surface area (Å²) in [5.74, 6) is 0. The van der Waals surface area contributed by atoms with Crippen molar-refractivity contribution >= 4 is 0 Å². The minimum atomic E-state index is -3.67. The van der Waals surface area contributed by atoms with E-state index in [1.54, 1.807) is 0 Å². The van der Waals surface area contributed by atoms with Crippen molar-refractivity contribution in [3.63, 3.8) is 0 Å². The number of rotatable bonds is 11. The average Bonchev–Trinajstić information content (AvgIpc) is 2.56. The van der Waals surface area contributed by atoms with Crippen LogP contribution in [0.5, 0.6) is 0 Å². The van der Waals surface area contributed by atoms with Crippen LogP contribution in [0.4, 0.5) is 13.2 Å². The Bertz CT molecular complexity index is 357. The average molecular weight is 347 g/mol. The number of hydrogen-bond donors (Lipinski definition) is 0. The van der Waals surface area contributed by atoms with Gasteiger partial charge in [0.25, 0.3) is 0 Å². The highest BCUT2D eigenvalue weighted by atomic mass is 19.4. The van der Waals surface area contributed by atoms with Gasteiger partial charge < -0.3 is 4.48 Å². The molecule has 0 bridgehead atoms. The number of alkyl halides is 3. The molecule has 0 atom stereocenters. The fourth-order valence-electron chi connectivity index (χ4n) is 3.02. The number of hydrogen-bond acceptors (Lipinski definition) is 0. The molecule has 0 saturated carbocycles. The first kappa shape index (κ1) is 23.0. The van der Waals surface area contributed by atoms with Crippen LogP contribution in [0.1, 0.15) is 64.9 Å². The second-order valence-electron chi connectivity index (χ2n) is 6.46. The summed E-state index contributed by atoms with van der Waals surface area (Å²) in [6.45, 7) is 8.56. The van der Waals surface area contributed by atoms with Gasteiger partial charge in [0.2, 0.25) is 0 Å². The molecule has 24 heavy (non-hydrogen) atoms. The molecule has 0 heterocycles. The minimum absolute atomic E-state index is 1.22. The predicted octanol–water partition coefficient (Wildman–Crippen LogP) is 6.58. The molecule has 0 fully saturated rings. The van der Waals surface area contributed by atoms with E-state index in [9.17, 15) is 13.2 Å². The summed E-state index contributed by atoms with van der Waals surface area (Å²) in [5.41, 5.74) is 1.51.